The van der Waals surface area contributed by atoms with Crippen molar-refractivity contribution >= 4 is 23.6 Å². The van der Waals surface area contributed by atoms with Crippen LogP contribution in [0.1, 0.15) is 29.8 Å². The molecule has 0 aliphatic heterocycles. The van der Waals surface area contributed by atoms with Gasteiger partial charge in [0.15, 0.2) is 11.5 Å². The fraction of sp³-hybridized carbons (Fsp3) is 0.348. The highest BCUT2D eigenvalue weighted by molar-refractivity contribution is 5.98. The number of esters is 3. The molecule has 2 atom stereocenters. The molecule has 2 aromatic rings. The van der Waals surface area contributed by atoms with Crippen molar-refractivity contribution in [2.24, 2.45) is 5.92 Å². The molecule has 0 aliphatic rings. The van der Waals surface area contributed by atoms with Gasteiger partial charge in [0.2, 0.25) is 6.54 Å². The van der Waals surface area contributed by atoms with Crippen molar-refractivity contribution in [1.82, 2.24) is 0 Å². The molecule has 0 radical (unpaired) electrons. The van der Waals surface area contributed by atoms with E-state index in [4.69, 9.17) is 14.2 Å². The smallest absolute Gasteiger partial charge is 0.339 e. The minimum Gasteiger partial charge on any atom is -0.467 e. The summed E-state index contributed by atoms with van der Waals surface area (Å²) in [4.78, 5) is 49.7. The SMILES string of the molecule is COC(=O)c1ccccc1N[C@@](C(=O)OC)(c1ccccc1)[C@@H](C[N+](=O)[O-])C(=O)OC(C)C. The van der Waals surface area contributed by atoms with Crippen LogP contribution in [0.15, 0.2) is 54.6 Å². The average molecular weight is 458 g/mol. The summed E-state index contributed by atoms with van der Waals surface area (Å²) in [6.45, 7) is 2.23. The van der Waals surface area contributed by atoms with Gasteiger partial charge in [0, 0.05) is 10.6 Å². The van der Waals surface area contributed by atoms with Gasteiger partial charge < -0.3 is 19.5 Å². The van der Waals surface area contributed by atoms with Gasteiger partial charge in [-0.05, 0) is 31.5 Å². The van der Waals surface area contributed by atoms with E-state index in [1.54, 1.807) is 44.2 Å². The van der Waals surface area contributed by atoms with Crippen molar-refractivity contribution in [2.75, 3.05) is 26.1 Å². The molecule has 0 aromatic heterocycles. The summed E-state index contributed by atoms with van der Waals surface area (Å²) >= 11 is 0. The predicted octanol–water partition coefficient (Wildman–Crippen LogP) is 2.80. The minimum atomic E-state index is -2.10. The number of hydrogen-bond acceptors (Lipinski definition) is 9. The first-order valence-electron chi connectivity index (χ1n) is 10.1. The first-order valence-corrected chi connectivity index (χ1v) is 10.1. The molecule has 0 spiro atoms. The maximum atomic E-state index is 13.4. The maximum Gasteiger partial charge on any atom is 0.339 e. The van der Waals surface area contributed by atoms with Crippen molar-refractivity contribution in [3.05, 3.63) is 75.8 Å². The van der Waals surface area contributed by atoms with Gasteiger partial charge in [-0.2, -0.15) is 0 Å². The van der Waals surface area contributed by atoms with E-state index >= 15 is 0 Å². The van der Waals surface area contributed by atoms with Gasteiger partial charge in [-0.1, -0.05) is 42.5 Å². The molecule has 0 aliphatic carbocycles. The molecule has 1 N–H and O–H groups in total. The Balaban J connectivity index is 2.84. The third-order valence-electron chi connectivity index (χ3n) is 4.89. The molecular weight excluding hydrogens is 432 g/mol. The van der Waals surface area contributed by atoms with Crippen LogP contribution < -0.4 is 5.32 Å². The fourth-order valence-electron chi connectivity index (χ4n) is 3.48. The molecule has 0 bridgehead atoms. The van der Waals surface area contributed by atoms with E-state index in [0.29, 0.717) is 0 Å². The van der Waals surface area contributed by atoms with Crippen LogP contribution in [-0.4, -0.2) is 49.7 Å². The quantitative estimate of drug-likeness (QED) is 0.247. The highest BCUT2D eigenvalue weighted by Crippen LogP contribution is 2.38. The summed E-state index contributed by atoms with van der Waals surface area (Å²) < 4.78 is 15.1. The third-order valence-corrected chi connectivity index (χ3v) is 4.89. The lowest BCUT2D eigenvalue weighted by atomic mass is 9.77. The van der Waals surface area contributed by atoms with Gasteiger partial charge in [-0.25, -0.2) is 9.59 Å². The first kappa shape index (κ1) is 25.3. The van der Waals surface area contributed by atoms with E-state index in [1.807, 2.05) is 0 Å². The zero-order valence-corrected chi connectivity index (χ0v) is 18.8. The van der Waals surface area contributed by atoms with E-state index in [-0.39, 0.29) is 16.8 Å². The van der Waals surface area contributed by atoms with Gasteiger partial charge >= 0.3 is 17.9 Å². The Morgan fingerprint density at radius 1 is 1.00 bits per heavy atom. The lowest BCUT2D eigenvalue weighted by Crippen LogP contribution is -2.56. The second-order valence-electron chi connectivity index (χ2n) is 7.38. The number of para-hydroxylation sites is 1. The maximum absolute atomic E-state index is 13.4. The van der Waals surface area contributed by atoms with Crippen LogP contribution >= 0.6 is 0 Å². The van der Waals surface area contributed by atoms with Gasteiger partial charge in [0.25, 0.3) is 0 Å². The third kappa shape index (κ3) is 5.65. The number of methoxy groups -OCH3 is 2. The number of nitro groups is 1. The Morgan fingerprint density at radius 3 is 2.15 bits per heavy atom. The molecule has 2 aromatic carbocycles. The highest BCUT2D eigenvalue weighted by atomic mass is 16.6. The van der Waals surface area contributed by atoms with Crippen LogP contribution in [0, 0.1) is 16.0 Å². The monoisotopic (exact) mass is 458 g/mol. The van der Waals surface area contributed by atoms with Gasteiger partial charge in [-0.3, -0.25) is 14.9 Å². The number of hydrogen-bond donors (Lipinski definition) is 1. The number of benzene rings is 2. The van der Waals surface area contributed by atoms with Crippen molar-refractivity contribution in [3.8, 4) is 0 Å². The molecule has 0 saturated heterocycles. The summed E-state index contributed by atoms with van der Waals surface area (Å²) in [6.07, 6.45) is -0.597. The van der Waals surface area contributed by atoms with Crippen molar-refractivity contribution in [2.45, 2.75) is 25.5 Å². The van der Waals surface area contributed by atoms with Gasteiger partial charge in [0.05, 0.1) is 25.9 Å². The number of rotatable bonds is 10. The van der Waals surface area contributed by atoms with E-state index in [1.165, 1.54) is 31.4 Å². The van der Waals surface area contributed by atoms with Crippen molar-refractivity contribution in [3.63, 3.8) is 0 Å². The molecule has 0 fully saturated rings. The Kier molecular flexibility index (Phi) is 8.49. The summed E-state index contributed by atoms with van der Waals surface area (Å²) in [5.74, 6) is -4.30. The largest absolute Gasteiger partial charge is 0.467 e. The number of ether oxygens (including phenoxy) is 3. The number of nitrogens with zero attached hydrogens (tertiary/aromatic N) is 1. The number of carbonyl (C=O) groups excluding carboxylic acids is 3. The topological polar surface area (TPSA) is 134 Å². The summed E-state index contributed by atoms with van der Waals surface area (Å²) in [5, 5.41) is 14.5. The lowest BCUT2D eigenvalue weighted by molar-refractivity contribution is -0.487. The van der Waals surface area contributed by atoms with E-state index in [2.05, 4.69) is 5.32 Å². The van der Waals surface area contributed by atoms with Crippen LogP contribution in [0.3, 0.4) is 0 Å². The molecule has 10 nitrogen and oxygen atoms in total. The second kappa shape index (κ2) is 11.1. The highest BCUT2D eigenvalue weighted by Gasteiger charge is 2.55. The van der Waals surface area contributed by atoms with Crippen molar-refractivity contribution < 1.29 is 33.5 Å². The summed E-state index contributed by atoms with van der Waals surface area (Å²) in [7, 11) is 2.30. The van der Waals surface area contributed by atoms with Crippen LogP contribution in [0.4, 0.5) is 5.69 Å². The molecular formula is C23H26N2O8. The molecule has 0 unspecified atom stereocenters. The zero-order chi connectivity index (χ0) is 24.6. The zero-order valence-electron chi connectivity index (χ0n) is 18.8. The van der Waals surface area contributed by atoms with Crippen molar-refractivity contribution in [1.29, 1.82) is 0 Å². The molecule has 0 heterocycles. The Bertz CT molecular complexity index is 1010. The van der Waals surface area contributed by atoms with E-state index in [9.17, 15) is 24.5 Å². The number of anilines is 1. The number of carbonyl (C=O) groups is 3. The van der Waals surface area contributed by atoms with Crippen LogP contribution in [0.25, 0.3) is 0 Å². The molecule has 0 amide bonds. The normalized spacial score (nSPS) is 13.4. The summed E-state index contributed by atoms with van der Waals surface area (Å²) in [5.41, 5.74) is -1.71. The minimum absolute atomic E-state index is 0.0567. The molecule has 2 rings (SSSR count). The van der Waals surface area contributed by atoms with Crippen LogP contribution in [0.2, 0.25) is 0 Å². The molecule has 0 saturated carbocycles. The Morgan fingerprint density at radius 2 is 1.61 bits per heavy atom. The summed E-state index contributed by atoms with van der Waals surface area (Å²) in [6, 6.07) is 14.1. The second-order valence-corrected chi connectivity index (χ2v) is 7.38. The van der Waals surface area contributed by atoms with Gasteiger partial charge in [-0.15, -0.1) is 0 Å². The van der Waals surface area contributed by atoms with Crippen LogP contribution in [0.5, 0.6) is 0 Å². The first-order chi connectivity index (χ1) is 15.7. The predicted molar refractivity (Wildman–Crippen MR) is 118 cm³/mol. The Labute approximate surface area is 191 Å². The fourth-order valence-corrected chi connectivity index (χ4v) is 3.48. The standard InChI is InChI=1S/C23H26N2O8/c1-15(2)33-21(27)18(14-25(29)30)23(22(28)32-4,16-10-6-5-7-11-16)24-19-13-9-8-12-17(19)20(26)31-3/h5-13,15,18,24H,14H2,1-4H3/t18-,23-/m0/s1. The van der Waals surface area contributed by atoms with Crippen LogP contribution in [-0.2, 0) is 29.3 Å². The average Bonchev–Trinajstić information content (AvgIpc) is 2.80. The number of nitrogens with one attached hydrogen (secondary N) is 1. The molecule has 33 heavy (non-hydrogen) atoms. The van der Waals surface area contributed by atoms with E-state index < -0.39 is 46.9 Å². The Hall–Kier alpha value is -3.95. The lowest BCUT2D eigenvalue weighted by Gasteiger charge is -2.37. The molecule has 10 heteroatoms. The van der Waals surface area contributed by atoms with Gasteiger partial charge in [0.1, 0.15) is 0 Å². The van der Waals surface area contributed by atoms with E-state index in [0.717, 1.165) is 7.11 Å². The molecule has 176 valence electrons.